The van der Waals surface area contributed by atoms with Crippen LogP contribution in [0, 0.1) is 22.0 Å². The van der Waals surface area contributed by atoms with Crippen molar-refractivity contribution in [3.63, 3.8) is 0 Å². The third-order valence-corrected chi connectivity index (χ3v) is 8.39. The average Bonchev–Trinajstić information content (AvgIpc) is 3.57. The molecule has 2 aliphatic heterocycles. The Balaban J connectivity index is 1.38. The first kappa shape index (κ1) is 27.2. The number of hydrogen-bond donors (Lipinski definition) is 1. The van der Waals surface area contributed by atoms with Crippen molar-refractivity contribution in [2.75, 3.05) is 22.9 Å². The maximum Gasteiger partial charge on any atom is 0.270 e. The van der Waals surface area contributed by atoms with Crippen molar-refractivity contribution >= 4 is 46.0 Å². The average molecular weight is 588 g/mol. The molecule has 2 aromatic heterocycles. The van der Waals surface area contributed by atoms with E-state index in [4.69, 9.17) is 28.2 Å². The number of piperidine rings is 1. The summed E-state index contributed by atoms with van der Waals surface area (Å²) in [5.41, 5.74) is 3.30. The maximum atomic E-state index is 11.3. The molecule has 0 amide bonds. The number of benzene rings is 2. The van der Waals surface area contributed by atoms with Crippen LogP contribution in [0.2, 0.25) is 5.02 Å². The van der Waals surface area contributed by atoms with Gasteiger partial charge in [0.05, 0.1) is 27.4 Å². The molecule has 41 heavy (non-hydrogen) atoms. The molecule has 8 nitrogen and oxygen atoms in total. The van der Waals surface area contributed by atoms with Crippen molar-refractivity contribution in [3.8, 4) is 11.3 Å². The Kier molecular flexibility index (Phi) is 7.40. The van der Waals surface area contributed by atoms with Gasteiger partial charge in [0.15, 0.2) is 5.11 Å². The van der Waals surface area contributed by atoms with Gasteiger partial charge in [-0.25, -0.2) is 0 Å². The first-order valence-corrected chi connectivity index (χ1v) is 14.5. The minimum absolute atomic E-state index is 0.00405. The molecule has 0 aliphatic carbocycles. The molecule has 4 heterocycles. The smallest absolute Gasteiger partial charge is 0.270 e. The highest BCUT2D eigenvalue weighted by Crippen LogP contribution is 2.44. The number of thiocarbonyl (C=S) groups is 1. The zero-order valence-corrected chi connectivity index (χ0v) is 24.3. The monoisotopic (exact) mass is 587 g/mol. The fourth-order valence-electron chi connectivity index (χ4n) is 6.12. The number of nitro benzene ring substituents is 1. The fraction of sp³-hybridized carbons (Fsp3) is 0.290. The summed E-state index contributed by atoms with van der Waals surface area (Å²) in [5.74, 6) is 2.39. The highest BCUT2D eigenvalue weighted by Gasteiger charge is 2.43. The fourth-order valence-corrected chi connectivity index (χ4v) is 6.76. The van der Waals surface area contributed by atoms with E-state index in [1.54, 1.807) is 18.3 Å². The summed E-state index contributed by atoms with van der Waals surface area (Å²) in [6.07, 6.45) is 2.97. The van der Waals surface area contributed by atoms with Crippen molar-refractivity contribution in [2.45, 2.75) is 32.4 Å². The molecule has 210 valence electrons. The van der Waals surface area contributed by atoms with Gasteiger partial charge in [-0.3, -0.25) is 15.1 Å². The Morgan fingerprint density at radius 2 is 1.85 bits per heavy atom. The number of hydrogen-bond acceptors (Lipinski definition) is 6. The molecule has 2 saturated heterocycles. The number of nitro groups is 1. The molecule has 10 heteroatoms. The van der Waals surface area contributed by atoms with Crippen molar-refractivity contribution in [1.29, 1.82) is 0 Å². The van der Waals surface area contributed by atoms with Gasteiger partial charge in [-0.2, -0.15) is 0 Å². The summed E-state index contributed by atoms with van der Waals surface area (Å²) >= 11 is 12.8. The molecule has 0 radical (unpaired) electrons. The van der Waals surface area contributed by atoms with Crippen LogP contribution >= 0.6 is 23.8 Å². The molecular formula is C31H30ClN5O3S. The molecule has 0 spiro atoms. The first-order chi connectivity index (χ1) is 19.8. The van der Waals surface area contributed by atoms with E-state index >= 15 is 0 Å². The van der Waals surface area contributed by atoms with Gasteiger partial charge in [0.25, 0.3) is 5.69 Å². The van der Waals surface area contributed by atoms with Gasteiger partial charge in [0, 0.05) is 42.7 Å². The lowest BCUT2D eigenvalue weighted by atomic mass is 9.91. The van der Waals surface area contributed by atoms with Crippen molar-refractivity contribution in [3.05, 3.63) is 106 Å². The van der Waals surface area contributed by atoms with E-state index in [9.17, 15) is 10.1 Å². The molecule has 2 aromatic carbocycles. The van der Waals surface area contributed by atoms with E-state index in [2.05, 4.69) is 41.2 Å². The van der Waals surface area contributed by atoms with E-state index in [1.165, 1.54) is 18.6 Å². The predicted octanol–water partition coefficient (Wildman–Crippen LogP) is 7.56. The molecule has 4 aromatic rings. The second-order valence-corrected chi connectivity index (χ2v) is 11.8. The molecule has 0 unspecified atom stereocenters. The van der Waals surface area contributed by atoms with Crippen LogP contribution in [0.25, 0.3) is 11.3 Å². The van der Waals surface area contributed by atoms with Crippen LogP contribution in [0.4, 0.5) is 17.1 Å². The van der Waals surface area contributed by atoms with E-state index in [-0.39, 0.29) is 17.8 Å². The van der Waals surface area contributed by atoms with Crippen LogP contribution in [0.1, 0.15) is 43.8 Å². The molecule has 1 N–H and O–H groups in total. The van der Waals surface area contributed by atoms with Crippen LogP contribution in [0.15, 0.2) is 83.4 Å². The van der Waals surface area contributed by atoms with Gasteiger partial charge >= 0.3 is 0 Å². The van der Waals surface area contributed by atoms with Crippen LogP contribution in [0.5, 0.6) is 0 Å². The number of halogens is 1. The zero-order chi connectivity index (χ0) is 28.7. The summed E-state index contributed by atoms with van der Waals surface area (Å²) in [5, 5.41) is 16.0. The minimum atomic E-state index is -0.413. The van der Waals surface area contributed by atoms with E-state index in [0.29, 0.717) is 39.1 Å². The summed E-state index contributed by atoms with van der Waals surface area (Å²) in [6, 6.07) is 21.3. The second kappa shape index (κ2) is 11.1. The molecule has 0 saturated carbocycles. The normalized spacial score (nSPS) is 22.6. The Bertz CT molecular complexity index is 1590. The first-order valence-electron chi connectivity index (χ1n) is 13.7. The van der Waals surface area contributed by atoms with Crippen molar-refractivity contribution in [1.82, 2.24) is 10.3 Å². The Morgan fingerprint density at radius 3 is 2.56 bits per heavy atom. The number of nitrogens with zero attached hydrogens (tertiary/aromatic N) is 4. The lowest BCUT2D eigenvalue weighted by Crippen LogP contribution is -2.38. The summed E-state index contributed by atoms with van der Waals surface area (Å²) in [6.45, 7) is 6.52. The minimum Gasteiger partial charge on any atom is -0.459 e. The Hall–Kier alpha value is -3.95. The number of aromatic nitrogens is 1. The van der Waals surface area contributed by atoms with E-state index < -0.39 is 4.92 Å². The maximum absolute atomic E-state index is 11.3. The van der Waals surface area contributed by atoms with Crippen molar-refractivity contribution < 1.29 is 9.34 Å². The number of furan rings is 1. The highest BCUT2D eigenvalue weighted by atomic mass is 35.5. The largest absolute Gasteiger partial charge is 0.459 e. The summed E-state index contributed by atoms with van der Waals surface area (Å²) in [4.78, 5) is 19.9. The molecule has 6 rings (SSSR count). The predicted molar refractivity (Wildman–Crippen MR) is 165 cm³/mol. The Morgan fingerprint density at radius 1 is 1.05 bits per heavy atom. The quantitative estimate of drug-likeness (QED) is 0.140. The van der Waals surface area contributed by atoms with Gasteiger partial charge in [-0.05, 0) is 72.9 Å². The lowest BCUT2D eigenvalue weighted by Gasteiger charge is -2.37. The van der Waals surface area contributed by atoms with Gasteiger partial charge in [-0.15, -0.1) is 0 Å². The van der Waals surface area contributed by atoms with E-state index in [0.717, 1.165) is 30.2 Å². The molecule has 2 aliphatic rings. The molecular weight excluding hydrogens is 558 g/mol. The summed E-state index contributed by atoms with van der Waals surface area (Å²) in [7, 11) is 0. The van der Waals surface area contributed by atoms with Crippen LogP contribution in [-0.4, -0.2) is 28.1 Å². The second-order valence-electron chi connectivity index (χ2n) is 11.0. The van der Waals surface area contributed by atoms with Crippen LogP contribution < -0.4 is 15.1 Å². The van der Waals surface area contributed by atoms with Gasteiger partial charge in [0.2, 0.25) is 0 Å². The van der Waals surface area contributed by atoms with Gasteiger partial charge in [-0.1, -0.05) is 43.6 Å². The number of rotatable bonds is 6. The third kappa shape index (κ3) is 5.39. The van der Waals surface area contributed by atoms with Crippen LogP contribution in [-0.2, 0) is 0 Å². The number of nitrogens with one attached hydrogen (secondary N) is 1. The lowest BCUT2D eigenvalue weighted by molar-refractivity contribution is -0.384. The Labute approximate surface area is 249 Å². The SMILES string of the molecule is C[C@H]1C[C@H](C)CN(c2ccc(N3C(=S)N[C@@H](c4ccccn4)[C@@H]3c3ccc(-c4cccc([N+](=O)[O-])c4)o3)cc2Cl)C1. The summed E-state index contributed by atoms with van der Waals surface area (Å²) < 4.78 is 6.38. The number of non-ortho nitro benzene ring substituents is 1. The highest BCUT2D eigenvalue weighted by molar-refractivity contribution is 7.80. The zero-order valence-electron chi connectivity index (χ0n) is 22.7. The molecule has 0 bridgehead atoms. The molecule has 2 fully saturated rings. The topological polar surface area (TPSA) is 87.7 Å². The number of anilines is 2. The van der Waals surface area contributed by atoms with Crippen molar-refractivity contribution in [2.24, 2.45) is 11.8 Å². The van der Waals surface area contributed by atoms with Gasteiger partial charge < -0.3 is 19.5 Å². The third-order valence-electron chi connectivity index (χ3n) is 7.78. The van der Waals surface area contributed by atoms with Gasteiger partial charge in [0.1, 0.15) is 17.6 Å². The van der Waals surface area contributed by atoms with E-state index in [1.807, 2.05) is 41.3 Å². The number of pyridine rings is 1. The molecule has 4 atom stereocenters. The van der Waals surface area contributed by atoms with Crippen LogP contribution in [0.3, 0.4) is 0 Å². The standard InChI is InChI=1S/C31H30ClN5O3S/c1-19-14-20(2)18-35(17-19)26-10-9-22(16-24(26)32)36-30(29(34-31(36)41)25-8-3-4-13-33-25)28-12-11-27(40-28)21-6-5-7-23(15-21)37(38)39/h3-13,15-16,19-20,29-30H,14,17-18H2,1-2H3,(H,34,41)/t19-,20-,29-,30-/m0/s1.